The molecule has 0 bridgehead atoms. The van der Waals surface area contributed by atoms with Crippen molar-refractivity contribution in [1.82, 2.24) is 4.98 Å². The zero-order chi connectivity index (χ0) is 31.9. The summed E-state index contributed by atoms with van der Waals surface area (Å²) in [5.74, 6) is 0. The van der Waals surface area contributed by atoms with E-state index in [1.807, 2.05) is 23.7 Å². The molecule has 0 saturated heterocycles. The number of aromatic nitrogens is 1. The van der Waals surface area contributed by atoms with Crippen molar-refractivity contribution in [3.8, 4) is 33.4 Å². The van der Waals surface area contributed by atoms with Gasteiger partial charge in [0.05, 0.1) is 16.1 Å². The van der Waals surface area contributed by atoms with Gasteiger partial charge in [-0.15, -0.1) is 11.3 Å². The molecule has 0 radical (unpaired) electrons. The molecule has 9 aromatic rings. The first-order valence-corrected chi connectivity index (χ1v) is 17.0. The summed E-state index contributed by atoms with van der Waals surface area (Å²) in [6, 6.07) is 61.2. The van der Waals surface area contributed by atoms with Crippen molar-refractivity contribution in [3.05, 3.63) is 182 Å². The second-order valence-electron chi connectivity index (χ2n) is 12.0. The molecule has 0 aliphatic carbocycles. The molecule has 0 atom stereocenters. The Balaban J connectivity index is 1.20. The predicted molar refractivity (Wildman–Crippen MR) is 206 cm³/mol. The van der Waals surface area contributed by atoms with Crippen LogP contribution >= 0.6 is 11.3 Å². The summed E-state index contributed by atoms with van der Waals surface area (Å²) in [6.45, 7) is 0. The molecule has 9 rings (SSSR count). The Morgan fingerprint density at radius 3 is 1.77 bits per heavy atom. The van der Waals surface area contributed by atoms with E-state index in [0.29, 0.717) is 0 Å². The third-order valence-corrected chi connectivity index (χ3v) is 10.3. The molecule has 0 spiro atoms. The highest BCUT2D eigenvalue weighted by Crippen LogP contribution is 2.47. The van der Waals surface area contributed by atoms with Gasteiger partial charge in [0.2, 0.25) is 0 Å². The number of rotatable bonds is 6. The SMILES string of the molecule is c1ccc(-c2ccc(-c3ccc(N(c4ccccc4-c4ccccc4)c4cccc5c4sc4cc6ccncc6cc45)cc3)cc2)cc1. The normalized spacial score (nSPS) is 11.3. The van der Waals surface area contributed by atoms with Crippen LogP contribution in [0.25, 0.3) is 64.3 Å². The number of nitrogens with zero attached hydrogens (tertiary/aromatic N) is 2. The summed E-state index contributed by atoms with van der Waals surface area (Å²) in [6.07, 6.45) is 3.83. The van der Waals surface area contributed by atoms with Crippen LogP contribution in [0.5, 0.6) is 0 Å². The van der Waals surface area contributed by atoms with Crippen LogP contribution < -0.4 is 4.90 Å². The van der Waals surface area contributed by atoms with Gasteiger partial charge in [0.25, 0.3) is 0 Å². The number of para-hydroxylation sites is 1. The van der Waals surface area contributed by atoms with Crippen molar-refractivity contribution in [3.63, 3.8) is 0 Å². The van der Waals surface area contributed by atoms with E-state index in [9.17, 15) is 0 Å². The zero-order valence-corrected chi connectivity index (χ0v) is 26.9. The van der Waals surface area contributed by atoms with Gasteiger partial charge in [-0.3, -0.25) is 4.98 Å². The number of hydrogen-bond donors (Lipinski definition) is 0. The van der Waals surface area contributed by atoms with Crippen molar-refractivity contribution in [2.24, 2.45) is 0 Å². The predicted octanol–water partition coefficient (Wildman–Crippen LogP) is 13.1. The summed E-state index contributed by atoms with van der Waals surface area (Å²) in [5, 5.41) is 4.90. The van der Waals surface area contributed by atoms with Crippen molar-refractivity contribution in [1.29, 1.82) is 0 Å². The monoisotopic (exact) mass is 630 g/mol. The molecule has 0 unspecified atom stereocenters. The van der Waals surface area contributed by atoms with Crippen LogP contribution in [0, 0.1) is 0 Å². The maximum atomic E-state index is 4.39. The van der Waals surface area contributed by atoms with Crippen molar-refractivity contribution in [2.75, 3.05) is 4.90 Å². The Kier molecular flexibility index (Phi) is 7.03. The molecule has 0 amide bonds. The van der Waals surface area contributed by atoms with Crippen molar-refractivity contribution >= 4 is 59.3 Å². The minimum atomic E-state index is 1.11. The summed E-state index contributed by atoms with van der Waals surface area (Å²) >= 11 is 1.86. The number of pyridine rings is 1. The summed E-state index contributed by atoms with van der Waals surface area (Å²) in [5.41, 5.74) is 10.6. The molecule has 0 aliphatic rings. The molecule has 2 heterocycles. The third kappa shape index (κ3) is 5.02. The first-order valence-electron chi connectivity index (χ1n) is 16.2. The Morgan fingerprint density at radius 2 is 1.04 bits per heavy atom. The molecule has 48 heavy (non-hydrogen) atoms. The molecule has 0 fully saturated rings. The second-order valence-corrected chi connectivity index (χ2v) is 13.1. The van der Waals surface area contributed by atoms with E-state index in [2.05, 4.69) is 180 Å². The van der Waals surface area contributed by atoms with E-state index in [1.165, 1.54) is 64.6 Å². The van der Waals surface area contributed by atoms with Gasteiger partial charge < -0.3 is 4.90 Å². The number of anilines is 3. The molecule has 2 aromatic heterocycles. The minimum absolute atomic E-state index is 1.11. The second kappa shape index (κ2) is 12.0. The molecular formula is C45H30N2S. The Morgan fingerprint density at radius 1 is 0.438 bits per heavy atom. The van der Waals surface area contributed by atoms with Crippen LogP contribution in [0.4, 0.5) is 17.1 Å². The lowest BCUT2D eigenvalue weighted by Crippen LogP contribution is -2.11. The summed E-state index contributed by atoms with van der Waals surface area (Å²) < 4.78 is 2.54. The fourth-order valence-corrected chi connectivity index (χ4v) is 8.00. The van der Waals surface area contributed by atoms with E-state index in [0.717, 1.165) is 16.8 Å². The zero-order valence-electron chi connectivity index (χ0n) is 26.1. The maximum Gasteiger partial charge on any atom is 0.0640 e. The summed E-state index contributed by atoms with van der Waals surface area (Å²) in [4.78, 5) is 6.82. The van der Waals surface area contributed by atoms with E-state index >= 15 is 0 Å². The van der Waals surface area contributed by atoms with Gasteiger partial charge in [0.1, 0.15) is 0 Å². The van der Waals surface area contributed by atoms with Crippen LogP contribution in [-0.4, -0.2) is 4.98 Å². The van der Waals surface area contributed by atoms with Crippen LogP contribution in [0.2, 0.25) is 0 Å². The lowest BCUT2D eigenvalue weighted by atomic mass is 9.99. The molecule has 3 heteroatoms. The fraction of sp³-hybridized carbons (Fsp3) is 0. The Hall–Kier alpha value is -6.03. The third-order valence-electron chi connectivity index (χ3n) is 9.16. The Labute approximate surface area is 283 Å². The standard InChI is InChI=1S/C45H30N2S/c1-3-10-31(11-4-1)32-18-20-33(21-19-32)34-22-24-38(25-23-34)47(42-16-8-7-14-39(42)35-12-5-2-6-13-35)43-17-9-15-40-41-28-37-30-46-27-26-36(37)29-44(41)48-45(40)43/h1-30H. The van der Waals surface area contributed by atoms with E-state index in [1.54, 1.807) is 0 Å². The van der Waals surface area contributed by atoms with Gasteiger partial charge in [0, 0.05) is 44.5 Å². The van der Waals surface area contributed by atoms with Crippen LogP contribution in [-0.2, 0) is 0 Å². The minimum Gasteiger partial charge on any atom is -0.308 e. The molecule has 0 saturated carbocycles. The largest absolute Gasteiger partial charge is 0.308 e. The topological polar surface area (TPSA) is 16.1 Å². The van der Waals surface area contributed by atoms with Gasteiger partial charge in [-0.25, -0.2) is 0 Å². The highest BCUT2D eigenvalue weighted by molar-refractivity contribution is 7.26. The molecule has 0 aliphatic heterocycles. The molecule has 2 nitrogen and oxygen atoms in total. The number of fused-ring (bicyclic) bond motifs is 4. The quantitative estimate of drug-likeness (QED) is 0.182. The number of benzene rings is 7. The van der Waals surface area contributed by atoms with Gasteiger partial charge in [0.15, 0.2) is 0 Å². The van der Waals surface area contributed by atoms with Crippen LogP contribution in [0.1, 0.15) is 0 Å². The lowest BCUT2D eigenvalue weighted by molar-refractivity contribution is 1.30. The molecule has 0 N–H and O–H groups in total. The average Bonchev–Trinajstić information content (AvgIpc) is 3.53. The summed E-state index contributed by atoms with van der Waals surface area (Å²) in [7, 11) is 0. The van der Waals surface area contributed by atoms with Crippen LogP contribution in [0.3, 0.4) is 0 Å². The lowest BCUT2D eigenvalue weighted by Gasteiger charge is -2.28. The Bertz CT molecular complexity index is 2540. The number of hydrogen-bond acceptors (Lipinski definition) is 3. The van der Waals surface area contributed by atoms with Gasteiger partial charge in [-0.1, -0.05) is 127 Å². The van der Waals surface area contributed by atoms with Gasteiger partial charge in [-0.05, 0) is 75.7 Å². The molecule has 226 valence electrons. The maximum absolute atomic E-state index is 4.39. The highest BCUT2D eigenvalue weighted by atomic mass is 32.1. The van der Waals surface area contributed by atoms with Gasteiger partial charge in [-0.2, -0.15) is 0 Å². The highest BCUT2D eigenvalue weighted by Gasteiger charge is 2.21. The molecular weight excluding hydrogens is 601 g/mol. The smallest absolute Gasteiger partial charge is 0.0640 e. The van der Waals surface area contributed by atoms with Crippen molar-refractivity contribution in [2.45, 2.75) is 0 Å². The number of thiophene rings is 1. The molecule has 7 aromatic carbocycles. The first kappa shape index (κ1) is 28.2. The van der Waals surface area contributed by atoms with Gasteiger partial charge >= 0.3 is 0 Å². The average molecular weight is 631 g/mol. The van der Waals surface area contributed by atoms with E-state index < -0.39 is 0 Å². The van der Waals surface area contributed by atoms with E-state index in [-0.39, 0.29) is 0 Å². The first-order chi connectivity index (χ1) is 23.8. The van der Waals surface area contributed by atoms with Crippen molar-refractivity contribution < 1.29 is 0 Å². The van der Waals surface area contributed by atoms with E-state index in [4.69, 9.17) is 0 Å². The fourth-order valence-electron chi connectivity index (χ4n) is 6.77. The van der Waals surface area contributed by atoms with Crippen LogP contribution in [0.15, 0.2) is 182 Å².